The molecule has 0 radical (unpaired) electrons. The van der Waals surface area contributed by atoms with E-state index in [4.69, 9.17) is 0 Å². The van der Waals surface area contributed by atoms with Gasteiger partial charge in [-0.15, -0.1) is 0 Å². The van der Waals surface area contributed by atoms with Crippen molar-refractivity contribution in [3.63, 3.8) is 0 Å². The normalized spacial score (nSPS) is 16.5. The van der Waals surface area contributed by atoms with E-state index in [2.05, 4.69) is 10.2 Å². The van der Waals surface area contributed by atoms with Gasteiger partial charge in [-0.3, -0.25) is 0 Å². The SMILES string of the molecule is CNCCCN(C)C(C)C(C)O. The zero-order valence-corrected chi connectivity index (χ0v) is 8.67. The molecule has 2 atom stereocenters. The summed E-state index contributed by atoms with van der Waals surface area (Å²) in [6.07, 6.45) is 0.883. The first-order valence-electron chi connectivity index (χ1n) is 4.62. The minimum Gasteiger partial charge on any atom is -0.392 e. The minimum absolute atomic E-state index is 0.246. The van der Waals surface area contributed by atoms with Crippen LogP contribution in [0.5, 0.6) is 0 Å². The van der Waals surface area contributed by atoms with Crippen LogP contribution in [0.15, 0.2) is 0 Å². The van der Waals surface area contributed by atoms with Crippen molar-refractivity contribution in [2.24, 2.45) is 0 Å². The zero-order chi connectivity index (χ0) is 9.56. The Labute approximate surface area is 75.8 Å². The lowest BCUT2D eigenvalue weighted by Gasteiger charge is -2.26. The summed E-state index contributed by atoms with van der Waals surface area (Å²) in [7, 11) is 4.01. The summed E-state index contributed by atoms with van der Waals surface area (Å²) in [5, 5.41) is 12.4. The van der Waals surface area contributed by atoms with Crippen LogP contribution in [0.4, 0.5) is 0 Å². The van der Waals surface area contributed by atoms with E-state index < -0.39 is 0 Å². The Morgan fingerprint density at radius 2 is 2.00 bits per heavy atom. The van der Waals surface area contributed by atoms with Crippen LogP contribution in [0.25, 0.3) is 0 Å². The third-order valence-electron chi connectivity index (χ3n) is 2.33. The van der Waals surface area contributed by atoms with E-state index in [0.29, 0.717) is 0 Å². The third kappa shape index (κ3) is 4.70. The van der Waals surface area contributed by atoms with Crippen molar-refractivity contribution < 1.29 is 5.11 Å². The number of hydrogen-bond acceptors (Lipinski definition) is 3. The molecule has 0 spiro atoms. The lowest BCUT2D eigenvalue weighted by Crippen LogP contribution is -2.38. The molecule has 3 heteroatoms. The van der Waals surface area contributed by atoms with E-state index >= 15 is 0 Å². The average molecular weight is 174 g/mol. The Morgan fingerprint density at radius 3 is 2.42 bits per heavy atom. The molecule has 0 fully saturated rings. The minimum atomic E-state index is -0.246. The molecule has 3 nitrogen and oxygen atoms in total. The van der Waals surface area contributed by atoms with Crippen LogP contribution in [-0.2, 0) is 0 Å². The van der Waals surface area contributed by atoms with Crippen molar-refractivity contribution in [1.82, 2.24) is 10.2 Å². The molecule has 0 aliphatic carbocycles. The van der Waals surface area contributed by atoms with E-state index in [1.165, 1.54) is 0 Å². The maximum absolute atomic E-state index is 9.29. The predicted molar refractivity (Wildman–Crippen MR) is 52.3 cm³/mol. The van der Waals surface area contributed by atoms with Crippen molar-refractivity contribution >= 4 is 0 Å². The fraction of sp³-hybridized carbons (Fsp3) is 1.00. The maximum Gasteiger partial charge on any atom is 0.0664 e. The Kier molecular flexibility index (Phi) is 6.34. The van der Waals surface area contributed by atoms with Crippen LogP contribution in [0.2, 0.25) is 0 Å². The van der Waals surface area contributed by atoms with Gasteiger partial charge in [-0.25, -0.2) is 0 Å². The molecule has 0 aromatic carbocycles. The summed E-state index contributed by atoms with van der Waals surface area (Å²) >= 11 is 0. The summed E-state index contributed by atoms with van der Waals surface area (Å²) in [4.78, 5) is 2.18. The van der Waals surface area contributed by atoms with E-state index in [1.807, 2.05) is 27.9 Å². The lowest BCUT2D eigenvalue weighted by molar-refractivity contribution is 0.0862. The number of nitrogens with one attached hydrogen (secondary N) is 1. The number of likely N-dealkylation sites (N-methyl/N-ethyl adjacent to an activating group) is 1. The molecule has 0 aliphatic rings. The Morgan fingerprint density at radius 1 is 1.42 bits per heavy atom. The van der Waals surface area contributed by atoms with Gasteiger partial charge in [0.1, 0.15) is 0 Å². The van der Waals surface area contributed by atoms with E-state index in [1.54, 1.807) is 0 Å². The number of hydrogen-bond donors (Lipinski definition) is 2. The van der Waals surface area contributed by atoms with Crippen molar-refractivity contribution in [3.8, 4) is 0 Å². The van der Waals surface area contributed by atoms with Crippen LogP contribution in [0, 0.1) is 0 Å². The number of aliphatic hydroxyl groups is 1. The standard InChI is InChI=1S/C9H22N2O/c1-8(9(2)12)11(4)7-5-6-10-3/h8-10,12H,5-7H2,1-4H3. The van der Waals surface area contributed by atoms with Crippen LogP contribution in [-0.4, -0.2) is 49.3 Å². The van der Waals surface area contributed by atoms with Crippen LogP contribution in [0.3, 0.4) is 0 Å². The molecule has 2 unspecified atom stereocenters. The van der Waals surface area contributed by atoms with Crippen molar-refractivity contribution in [1.29, 1.82) is 0 Å². The van der Waals surface area contributed by atoms with Gasteiger partial charge in [-0.1, -0.05) is 0 Å². The van der Waals surface area contributed by atoms with Gasteiger partial charge < -0.3 is 15.3 Å². The number of aliphatic hydroxyl groups excluding tert-OH is 1. The summed E-state index contributed by atoms with van der Waals surface area (Å²) in [6.45, 7) is 5.95. The molecular weight excluding hydrogens is 152 g/mol. The van der Waals surface area contributed by atoms with Crippen molar-refractivity contribution in [2.75, 3.05) is 27.2 Å². The fourth-order valence-corrected chi connectivity index (χ4v) is 1.08. The highest BCUT2D eigenvalue weighted by molar-refractivity contribution is 4.68. The molecule has 2 N–H and O–H groups in total. The molecule has 0 aromatic heterocycles. The summed E-state index contributed by atoms with van der Waals surface area (Å²) < 4.78 is 0. The lowest BCUT2D eigenvalue weighted by atomic mass is 10.2. The van der Waals surface area contributed by atoms with Gasteiger partial charge in [-0.05, 0) is 47.5 Å². The van der Waals surface area contributed by atoms with Gasteiger partial charge in [-0.2, -0.15) is 0 Å². The number of rotatable bonds is 6. The van der Waals surface area contributed by atoms with Gasteiger partial charge in [0.25, 0.3) is 0 Å². The third-order valence-corrected chi connectivity index (χ3v) is 2.33. The summed E-state index contributed by atoms with van der Waals surface area (Å²) in [5.41, 5.74) is 0. The molecule has 74 valence electrons. The second-order valence-electron chi connectivity index (χ2n) is 3.42. The molecule has 0 aliphatic heterocycles. The zero-order valence-electron chi connectivity index (χ0n) is 8.67. The maximum atomic E-state index is 9.29. The Balaban J connectivity index is 3.49. The van der Waals surface area contributed by atoms with Gasteiger partial charge in [0.05, 0.1) is 6.10 Å². The Bertz CT molecular complexity index is 107. The van der Waals surface area contributed by atoms with Crippen LogP contribution in [0.1, 0.15) is 20.3 Å². The second-order valence-corrected chi connectivity index (χ2v) is 3.42. The highest BCUT2D eigenvalue weighted by atomic mass is 16.3. The van der Waals surface area contributed by atoms with Crippen molar-refractivity contribution in [3.05, 3.63) is 0 Å². The highest BCUT2D eigenvalue weighted by Gasteiger charge is 2.13. The molecule has 0 heterocycles. The average Bonchev–Trinajstić information content (AvgIpc) is 2.03. The van der Waals surface area contributed by atoms with Gasteiger partial charge in [0.15, 0.2) is 0 Å². The van der Waals surface area contributed by atoms with Gasteiger partial charge in [0, 0.05) is 6.04 Å². The first-order chi connectivity index (χ1) is 5.59. The molecule has 0 amide bonds. The Hall–Kier alpha value is -0.120. The highest BCUT2D eigenvalue weighted by Crippen LogP contribution is 2.01. The first kappa shape index (κ1) is 11.9. The summed E-state index contributed by atoms with van der Waals surface area (Å²) in [6, 6.07) is 0.252. The molecule has 0 aromatic rings. The van der Waals surface area contributed by atoms with Crippen LogP contribution >= 0.6 is 0 Å². The van der Waals surface area contributed by atoms with Crippen LogP contribution < -0.4 is 5.32 Å². The monoisotopic (exact) mass is 174 g/mol. The molecule has 0 rings (SSSR count). The second kappa shape index (κ2) is 6.40. The molecule has 0 saturated carbocycles. The molecular formula is C9H22N2O. The first-order valence-corrected chi connectivity index (χ1v) is 4.62. The largest absolute Gasteiger partial charge is 0.392 e. The predicted octanol–water partition coefficient (Wildman–Crippen LogP) is 0.297. The molecule has 12 heavy (non-hydrogen) atoms. The van der Waals surface area contributed by atoms with Crippen molar-refractivity contribution in [2.45, 2.75) is 32.4 Å². The summed E-state index contributed by atoms with van der Waals surface area (Å²) in [5.74, 6) is 0. The van der Waals surface area contributed by atoms with Gasteiger partial charge >= 0.3 is 0 Å². The quantitative estimate of drug-likeness (QED) is 0.568. The van der Waals surface area contributed by atoms with E-state index in [0.717, 1.165) is 19.5 Å². The molecule has 0 bridgehead atoms. The fourth-order valence-electron chi connectivity index (χ4n) is 1.08. The topological polar surface area (TPSA) is 35.5 Å². The van der Waals surface area contributed by atoms with E-state index in [9.17, 15) is 5.11 Å². The van der Waals surface area contributed by atoms with Gasteiger partial charge in [0.2, 0.25) is 0 Å². The smallest absolute Gasteiger partial charge is 0.0664 e. The number of nitrogens with zero attached hydrogens (tertiary/aromatic N) is 1. The molecule has 0 saturated heterocycles. The van der Waals surface area contributed by atoms with E-state index in [-0.39, 0.29) is 12.1 Å².